The van der Waals surface area contributed by atoms with Gasteiger partial charge < -0.3 is 36.1 Å². The standard InChI is InChI=1S/C32H31Cl2N3O6.C32H33Cl2N3O4.CH4/c1-2-43-30(39)20-10-8-19(9-11-20)27(38)16-26-29(37(41)42)28(21-4-3-5-22(33)14-21)32(36(26)17-18-6-7-18)24-13-12-23(34)15-25(24)35-31(32)40;1-2-41-30(39)20-10-8-19(9-11-20)27(38)16-26-29(35)28(21-4-3-5-22(33)14-21)32(37(26)17-18-6-7-18)24-13-12-23(34)15-25(24)36-31(32)40;/h3-5,8-15,18,26-29,38H,2,6-7,16-17H2,1H3,(H,35,40);3-5,8-15,18,26-29,38H,2,6-7,16-17,35H2,1H3,(H,36,40);1H4/t2*26-,27-,28-,29+,32+;/m00./s1. The van der Waals surface area contributed by atoms with E-state index in [-0.39, 0.29) is 55.8 Å². The van der Waals surface area contributed by atoms with E-state index in [0.717, 1.165) is 36.8 Å². The van der Waals surface area contributed by atoms with Crippen LogP contribution in [-0.4, -0.2) is 99.2 Å². The van der Waals surface area contributed by atoms with E-state index in [0.29, 0.717) is 90.3 Å². The lowest BCUT2D eigenvalue weighted by atomic mass is 9.73. The number of hydrogen-bond donors (Lipinski definition) is 5. The summed E-state index contributed by atoms with van der Waals surface area (Å²) in [6.45, 7) is 5.14. The number of benzene rings is 6. The van der Waals surface area contributed by atoms with Crippen molar-refractivity contribution in [1.29, 1.82) is 0 Å². The first kappa shape index (κ1) is 61.6. The van der Waals surface area contributed by atoms with Crippen LogP contribution in [-0.2, 0) is 30.1 Å². The second-order valence-corrected chi connectivity index (χ2v) is 24.5. The van der Waals surface area contributed by atoms with Crippen molar-refractivity contribution in [1.82, 2.24) is 9.80 Å². The van der Waals surface area contributed by atoms with Crippen LogP contribution >= 0.6 is 46.4 Å². The Labute approximate surface area is 514 Å². The Morgan fingerprint density at radius 3 is 1.44 bits per heavy atom. The zero-order valence-electron chi connectivity index (χ0n) is 46.1. The molecule has 4 fully saturated rings. The van der Waals surface area contributed by atoms with Crippen LogP contribution in [0.5, 0.6) is 0 Å². The third kappa shape index (κ3) is 11.6. The molecule has 2 saturated carbocycles. The number of hydrogen-bond acceptors (Lipinski definition) is 13. The monoisotopic (exact) mass is 1230 g/mol. The molecule has 2 spiro atoms. The van der Waals surface area contributed by atoms with Gasteiger partial charge in [0.25, 0.3) is 5.91 Å². The minimum atomic E-state index is -1.43. The number of nitrogens with one attached hydrogen (secondary N) is 2. The van der Waals surface area contributed by atoms with Crippen LogP contribution in [0.15, 0.2) is 133 Å². The van der Waals surface area contributed by atoms with Gasteiger partial charge in [-0.1, -0.05) is 114 Å². The number of carbonyl (C=O) groups is 4. The number of rotatable bonds is 17. The van der Waals surface area contributed by atoms with Crippen LogP contribution in [0.4, 0.5) is 11.4 Å². The normalized spacial score (nSPS) is 25.5. The minimum Gasteiger partial charge on any atom is -0.462 e. The van der Waals surface area contributed by atoms with Gasteiger partial charge in [0.1, 0.15) is 11.1 Å². The van der Waals surface area contributed by atoms with Gasteiger partial charge in [-0.25, -0.2) is 9.59 Å². The highest BCUT2D eigenvalue weighted by Gasteiger charge is 2.72. The number of nitro groups is 1. The minimum absolute atomic E-state index is 0. The van der Waals surface area contributed by atoms with E-state index in [9.17, 15) is 39.5 Å². The van der Waals surface area contributed by atoms with E-state index in [4.69, 9.17) is 61.6 Å². The molecule has 4 heterocycles. The molecule has 6 N–H and O–H groups in total. The van der Waals surface area contributed by atoms with Gasteiger partial charge in [0.15, 0.2) is 0 Å². The molecule has 6 aromatic rings. The first-order chi connectivity index (χ1) is 40.4. The molecule has 20 heteroatoms. The number of anilines is 2. The highest BCUT2D eigenvalue weighted by molar-refractivity contribution is 6.32. The van der Waals surface area contributed by atoms with Crippen LogP contribution in [0.25, 0.3) is 0 Å². The Kier molecular flexibility index (Phi) is 18.2. The van der Waals surface area contributed by atoms with Crippen LogP contribution in [0.1, 0.15) is 138 Å². The van der Waals surface area contributed by atoms with Crippen molar-refractivity contribution >= 4 is 81.5 Å². The number of halogens is 4. The number of aliphatic hydroxyl groups is 2. The molecule has 6 aromatic carbocycles. The summed E-state index contributed by atoms with van der Waals surface area (Å²) in [6, 6.07) is 35.4. The van der Waals surface area contributed by atoms with Gasteiger partial charge in [0.2, 0.25) is 11.9 Å². The Bertz CT molecular complexity index is 3510. The van der Waals surface area contributed by atoms with E-state index >= 15 is 0 Å². The lowest BCUT2D eigenvalue weighted by molar-refractivity contribution is -0.528. The largest absolute Gasteiger partial charge is 0.462 e. The average molecular weight is 1240 g/mol. The molecular weight excluding hydrogens is 1170 g/mol. The Morgan fingerprint density at radius 1 is 0.624 bits per heavy atom. The molecule has 6 aliphatic rings. The molecule has 4 aliphatic heterocycles. The fourth-order valence-electron chi connectivity index (χ4n) is 13.7. The number of likely N-dealkylation sites (tertiary alicyclic amines) is 2. The van der Waals surface area contributed by atoms with Gasteiger partial charge in [0.05, 0.1) is 48.5 Å². The summed E-state index contributed by atoms with van der Waals surface area (Å²) in [5.41, 5.74) is 10.7. The molecule has 0 unspecified atom stereocenters. The lowest BCUT2D eigenvalue weighted by Gasteiger charge is -2.40. The third-order valence-corrected chi connectivity index (χ3v) is 18.6. The number of fused-ring (bicyclic) bond motifs is 4. The van der Waals surface area contributed by atoms with Crippen molar-refractivity contribution in [3.63, 3.8) is 0 Å². The van der Waals surface area contributed by atoms with Crippen LogP contribution in [0.2, 0.25) is 20.1 Å². The Hall–Kier alpha value is -6.44. The lowest BCUT2D eigenvalue weighted by Crippen LogP contribution is -2.52. The van der Waals surface area contributed by atoms with E-state index < -0.39 is 65.2 Å². The maximum atomic E-state index is 14.3. The van der Waals surface area contributed by atoms with E-state index in [2.05, 4.69) is 15.5 Å². The number of ether oxygens (including phenoxy) is 2. The fraction of sp³-hybridized carbons (Fsp3) is 0.385. The molecule has 85 heavy (non-hydrogen) atoms. The first-order valence-corrected chi connectivity index (χ1v) is 30.0. The Balaban J connectivity index is 0.000000187. The summed E-state index contributed by atoms with van der Waals surface area (Å²) in [6.07, 6.45) is 2.41. The number of amides is 2. The topological polar surface area (TPSA) is 227 Å². The number of esters is 2. The van der Waals surface area contributed by atoms with E-state index in [1.807, 2.05) is 41.3 Å². The van der Waals surface area contributed by atoms with E-state index in [1.54, 1.807) is 111 Å². The van der Waals surface area contributed by atoms with Crippen molar-refractivity contribution in [2.24, 2.45) is 17.6 Å². The number of nitrogens with two attached hydrogens (primary N) is 1. The first-order valence-electron chi connectivity index (χ1n) is 28.5. The molecule has 2 aliphatic carbocycles. The zero-order chi connectivity index (χ0) is 59.4. The van der Waals surface area contributed by atoms with Crippen molar-refractivity contribution in [3.05, 3.63) is 208 Å². The van der Waals surface area contributed by atoms with Gasteiger partial charge in [-0.2, -0.15) is 0 Å². The smallest absolute Gasteiger partial charge is 0.338 e. The predicted octanol–water partition coefficient (Wildman–Crippen LogP) is 12.2. The molecule has 446 valence electrons. The van der Waals surface area contributed by atoms with Crippen molar-refractivity contribution in [2.45, 2.75) is 119 Å². The second kappa shape index (κ2) is 25.1. The molecule has 16 nitrogen and oxygen atoms in total. The van der Waals surface area contributed by atoms with Gasteiger partial charge >= 0.3 is 11.9 Å². The SMILES string of the molecule is C.CCOC(=O)c1ccc([C@@H](O)C[C@H]2[C@@H](N)[C@H](c3cccc(Cl)c3)[C@]3(C(=O)Nc4cc(Cl)ccc43)N2CC2CC2)cc1.CCOC(=O)c1ccc([C@@H](O)C[C@H]2[C@@H]([N+](=O)[O-])[C@H](c3cccc(Cl)c3)[C@]3(C(=O)Nc4cc(Cl)ccc43)N2CC2CC2)cc1. The molecule has 0 aromatic heterocycles. The van der Waals surface area contributed by atoms with Crippen LogP contribution in [0, 0.1) is 22.0 Å². The van der Waals surface area contributed by atoms with Gasteiger partial charge in [0, 0.05) is 78.6 Å². The highest BCUT2D eigenvalue weighted by atomic mass is 35.5. The van der Waals surface area contributed by atoms with Crippen molar-refractivity contribution in [3.8, 4) is 0 Å². The van der Waals surface area contributed by atoms with Gasteiger partial charge in [-0.3, -0.25) is 29.5 Å². The zero-order valence-corrected chi connectivity index (χ0v) is 49.2. The molecule has 0 bridgehead atoms. The summed E-state index contributed by atoms with van der Waals surface area (Å²) in [7, 11) is 0. The molecule has 2 saturated heterocycles. The van der Waals surface area contributed by atoms with E-state index in [1.165, 1.54) is 0 Å². The maximum absolute atomic E-state index is 14.3. The highest BCUT2D eigenvalue weighted by Crippen LogP contribution is 2.61. The maximum Gasteiger partial charge on any atom is 0.338 e. The summed E-state index contributed by atoms with van der Waals surface area (Å²) >= 11 is 25.5. The average Bonchev–Trinajstić information content (AvgIpc) is 1.59. The molecular formula is C65H68Cl4N6O10. The van der Waals surface area contributed by atoms with Crippen molar-refractivity contribution < 1.29 is 43.8 Å². The number of nitrogens with zero attached hydrogens (tertiary/aromatic N) is 3. The fourth-order valence-corrected chi connectivity index (χ4v) is 14.4. The van der Waals surface area contributed by atoms with Crippen LogP contribution < -0.4 is 16.4 Å². The third-order valence-electron chi connectivity index (χ3n) is 17.7. The van der Waals surface area contributed by atoms with Gasteiger partial charge in [-0.15, -0.1) is 0 Å². The van der Waals surface area contributed by atoms with Crippen molar-refractivity contribution in [2.75, 3.05) is 36.9 Å². The molecule has 2 amide bonds. The summed E-state index contributed by atoms with van der Waals surface area (Å²) in [4.78, 5) is 69.8. The quantitative estimate of drug-likeness (QED) is 0.0326. The summed E-state index contributed by atoms with van der Waals surface area (Å²) in [5, 5.41) is 44.1. The molecule has 0 radical (unpaired) electrons. The van der Waals surface area contributed by atoms with Crippen LogP contribution in [0.3, 0.4) is 0 Å². The molecule has 10 atom stereocenters. The summed E-state index contributed by atoms with van der Waals surface area (Å²) in [5.74, 6) is -2.00. The molecule has 12 rings (SSSR count). The predicted molar refractivity (Wildman–Crippen MR) is 328 cm³/mol. The number of carbonyl (C=O) groups excluding carboxylic acids is 4. The second-order valence-electron chi connectivity index (χ2n) is 22.8. The number of aliphatic hydroxyl groups excluding tert-OH is 2. The summed E-state index contributed by atoms with van der Waals surface area (Å²) < 4.78 is 10.1. The van der Waals surface area contributed by atoms with Gasteiger partial charge in [-0.05, 0) is 159 Å². The Morgan fingerprint density at radius 2 is 1.02 bits per heavy atom.